The molecule has 0 spiro atoms. The minimum absolute atomic E-state index is 0.619. The van der Waals surface area contributed by atoms with Gasteiger partial charge in [0, 0.05) is 19.1 Å². The lowest BCUT2D eigenvalue weighted by Gasteiger charge is -2.32. The molecule has 3 rings (SSSR count). The smallest absolute Gasteiger partial charge is 0.103 e. The quantitative estimate of drug-likeness (QED) is 0.887. The standard InChI is InChI=1S/C15H21NOS/c17-15(13-4-2-1-3-5-13)8-9-16(12-15)14-6-10-18-11-7-14/h1-5,14,17H,6-12H2. The van der Waals surface area contributed by atoms with Crippen molar-refractivity contribution in [3.8, 4) is 0 Å². The number of β-amino-alcohol motifs (C(OH)–C–C–N with tert-alkyl or cyclic N) is 1. The Balaban J connectivity index is 1.70. The molecule has 1 aromatic rings. The van der Waals surface area contributed by atoms with Gasteiger partial charge in [0.15, 0.2) is 0 Å². The van der Waals surface area contributed by atoms with E-state index in [1.807, 2.05) is 18.2 Å². The van der Waals surface area contributed by atoms with Crippen molar-refractivity contribution < 1.29 is 5.11 Å². The lowest BCUT2D eigenvalue weighted by molar-refractivity contribution is 0.0397. The van der Waals surface area contributed by atoms with Crippen molar-refractivity contribution in [3.05, 3.63) is 35.9 Å². The van der Waals surface area contributed by atoms with E-state index in [2.05, 4.69) is 28.8 Å². The number of hydrogen-bond acceptors (Lipinski definition) is 3. The molecule has 0 saturated carbocycles. The molecule has 0 bridgehead atoms. The first-order valence-corrected chi connectivity index (χ1v) is 8.03. The topological polar surface area (TPSA) is 23.5 Å². The summed E-state index contributed by atoms with van der Waals surface area (Å²) in [6.45, 7) is 1.85. The average Bonchev–Trinajstić information content (AvgIpc) is 2.85. The van der Waals surface area contributed by atoms with Gasteiger partial charge in [0.25, 0.3) is 0 Å². The minimum Gasteiger partial charge on any atom is -0.384 e. The fourth-order valence-electron chi connectivity index (χ4n) is 3.17. The van der Waals surface area contributed by atoms with Gasteiger partial charge < -0.3 is 5.11 Å². The van der Waals surface area contributed by atoms with E-state index in [4.69, 9.17) is 0 Å². The Kier molecular flexibility index (Phi) is 3.64. The zero-order valence-corrected chi connectivity index (χ0v) is 11.5. The van der Waals surface area contributed by atoms with Gasteiger partial charge in [-0.3, -0.25) is 4.90 Å². The highest BCUT2D eigenvalue weighted by molar-refractivity contribution is 7.99. The summed E-state index contributed by atoms with van der Waals surface area (Å²) in [5, 5.41) is 10.8. The van der Waals surface area contributed by atoms with Crippen LogP contribution in [0.15, 0.2) is 30.3 Å². The second-order valence-electron chi connectivity index (χ2n) is 5.46. The average molecular weight is 263 g/mol. The van der Waals surface area contributed by atoms with Gasteiger partial charge in [-0.1, -0.05) is 30.3 Å². The zero-order chi connectivity index (χ0) is 12.4. The summed E-state index contributed by atoms with van der Waals surface area (Å²) >= 11 is 2.06. The van der Waals surface area contributed by atoms with E-state index in [0.29, 0.717) is 6.04 Å². The third-order valence-corrected chi connectivity index (χ3v) is 5.34. The largest absolute Gasteiger partial charge is 0.384 e. The maximum atomic E-state index is 10.8. The maximum absolute atomic E-state index is 10.8. The molecule has 1 aromatic carbocycles. The van der Waals surface area contributed by atoms with Crippen LogP contribution in [0, 0.1) is 0 Å². The van der Waals surface area contributed by atoms with Crippen LogP contribution in [0.1, 0.15) is 24.8 Å². The van der Waals surface area contributed by atoms with Crippen LogP contribution < -0.4 is 0 Å². The Bertz CT molecular complexity index is 391. The monoisotopic (exact) mass is 263 g/mol. The molecule has 2 heterocycles. The van der Waals surface area contributed by atoms with Crippen LogP contribution in [0.25, 0.3) is 0 Å². The Labute approximate surface area is 113 Å². The van der Waals surface area contributed by atoms with E-state index in [1.54, 1.807) is 0 Å². The Morgan fingerprint density at radius 2 is 1.89 bits per heavy atom. The number of rotatable bonds is 2. The SMILES string of the molecule is OC1(c2ccccc2)CCN(C2CCSCC2)C1. The van der Waals surface area contributed by atoms with Gasteiger partial charge in [0.2, 0.25) is 0 Å². The van der Waals surface area contributed by atoms with Crippen LogP contribution in [0.2, 0.25) is 0 Å². The third-order valence-electron chi connectivity index (χ3n) is 4.30. The highest BCUT2D eigenvalue weighted by Crippen LogP contribution is 2.35. The number of likely N-dealkylation sites (tertiary alicyclic amines) is 1. The Hall–Kier alpha value is -0.510. The highest BCUT2D eigenvalue weighted by atomic mass is 32.2. The van der Waals surface area contributed by atoms with Crippen molar-refractivity contribution in [1.82, 2.24) is 4.90 Å². The van der Waals surface area contributed by atoms with Crippen LogP contribution in [-0.4, -0.2) is 40.6 Å². The van der Waals surface area contributed by atoms with Gasteiger partial charge in [0.1, 0.15) is 5.60 Å². The molecule has 2 nitrogen and oxygen atoms in total. The van der Waals surface area contributed by atoms with Crippen molar-refractivity contribution in [2.45, 2.75) is 30.9 Å². The lowest BCUT2D eigenvalue weighted by Crippen LogP contribution is -2.39. The number of benzene rings is 1. The second kappa shape index (κ2) is 5.24. The predicted octanol–water partition coefficient (Wildman–Crippen LogP) is 2.48. The van der Waals surface area contributed by atoms with Gasteiger partial charge in [-0.05, 0) is 36.3 Å². The summed E-state index contributed by atoms with van der Waals surface area (Å²) in [5.41, 5.74) is 0.462. The number of thioether (sulfide) groups is 1. The fourth-order valence-corrected chi connectivity index (χ4v) is 4.25. The van der Waals surface area contributed by atoms with Gasteiger partial charge in [-0.2, -0.15) is 11.8 Å². The van der Waals surface area contributed by atoms with E-state index in [9.17, 15) is 5.11 Å². The maximum Gasteiger partial charge on any atom is 0.103 e. The Morgan fingerprint density at radius 3 is 2.61 bits per heavy atom. The summed E-state index contributed by atoms with van der Waals surface area (Å²) in [4.78, 5) is 2.51. The van der Waals surface area contributed by atoms with Crippen molar-refractivity contribution >= 4 is 11.8 Å². The van der Waals surface area contributed by atoms with Crippen molar-refractivity contribution in [3.63, 3.8) is 0 Å². The molecule has 18 heavy (non-hydrogen) atoms. The third kappa shape index (κ3) is 2.44. The second-order valence-corrected chi connectivity index (χ2v) is 6.69. The van der Waals surface area contributed by atoms with Gasteiger partial charge in [0.05, 0.1) is 0 Å². The van der Waals surface area contributed by atoms with Crippen LogP contribution in [0.4, 0.5) is 0 Å². The van der Waals surface area contributed by atoms with Crippen LogP contribution >= 0.6 is 11.8 Å². The summed E-state index contributed by atoms with van der Waals surface area (Å²) in [6, 6.07) is 10.9. The van der Waals surface area contributed by atoms with E-state index < -0.39 is 5.60 Å². The molecule has 3 heteroatoms. The highest BCUT2D eigenvalue weighted by Gasteiger charge is 2.40. The predicted molar refractivity (Wildman–Crippen MR) is 76.9 cm³/mol. The van der Waals surface area contributed by atoms with Crippen LogP contribution in [0.5, 0.6) is 0 Å². The summed E-state index contributed by atoms with van der Waals surface area (Å²) < 4.78 is 0. The summed E-state index contributed by atoms with van der Waals surface area (Å²) in [5.74, 6) is 2.57. The van der Waals surface area contributed by atoms with Gasteiger partial charge in [-0.25, -0.2) is 0 Å². The molecule has 0 aliphatic carbocycles. The molecule has 0 amide bonds. The van der Waals surface area contributed by atoms with E-state index in [1.165, 1.54) is 24.3 Å². The molecule has 0 aromatic heterocycles. The van der Waals surface area contributed by atoms with Crippen molar-refractivity contribution in [1.29, 1.82) is 0 Å². The van der Waals surface area contributed by atoms with E-state index >= 15 is 0 Å². The molecule has 1 atom stereocenters. The first kappa shape index (κ1) is 12.5. The van der Waals surface area contributed by atoms with Crippen LogP contribution in [-0.2, 0) is 5.60 Å². The van der Waals surface area contributed by atoms with E-state index in [0.717, 1.165) is 25.1 Å². The molecule has 2 fully saturated rings. The molecule has 2 aliphatic heterocycles. The van der Waals surface area contributed by atoms with Crippen molar-refractivity contribution in [2.24, 2.45) is 0 Å². The molecule has 1 N–H and O–H groups in total. The molecule has 2 aliphatic rings. The Morgan fingerprint density at radius 1 is 1.17 bits per heavy atom. The number of hydrogen-bond donors (Lipinski definition) is 1. The normalized spacial score (nSPS) is 30.7. The number of aliphatic hydroxyl groups is 1. The molecule has 2 saturated heterocycles. The molecular formula is C15H21NOS. The zero-order valence-electron chi connectivity index (χ0n) is 10.7. The molecule has 1 unspecified atom stereocenters. The summed E-state index contributed by atoms with van der Waals surface area (Å²) in [6.07, 6.45) is 3.45. The molecule has 0 radical (unpaired) electrons. The summed E-state index contributed by atoms with van der Waals surface area (Å²) in [7, 11) is 0. The van der Waals surface area contributed by atoms with Crippen molar-refractivity contribution in [2.75, 3.05) is 24.6 Å². The van der Waals surface area contributed by atoms with Gasteiger partial charge in [-0.15, -0.1) is 0 Å². The lowest BCUT2D eigenvalue weighted by atomic mass is 9.93. The van der Waals surface area contributed by atoms with Gasteiger partial charge >= 0.3 is 0 Å². The first-order chi connectivity index (χ1) is 8.78. The fraction of sp³-hybridized carbons (Fsp3) is 0.600. The molecule has 98 valence electrons. The van der Waals surface area contributed by atoms with Crippen LogP contribution in [0.3, 0.4) is 0 Å². The molecular weight excluding hydrogens is 242 g/mol. The number of nitrogens with zero attached hydrogens (tertiary/aromatic N) is 1. The first-order valence-electron chi connectivity index (χ1n) is 6.88. The minimum atomic E-state index is -0.619. The van der Waals surface area contributed by atoms with E-state index in [-0.39, 0.29) is 0 Å².